The van der Waals surface area contributed by atoms with Crippen molar-refractivity contribution in [3.63, 3.8) is 0 Å². The number of hydrogen-bond donors (Lipinski definition) is 1. The van der Waals surface area contributed by atoms with E-state index in [1.54, 1.807) is 0 Å². The Balaban J connectivity index is 1.78. The standard InChI is InChI=1S/C13H24S/c1-10-2-4-11(5-3-10)12-6-8-13(14)9-7-12/h10-14H,2-9H2,1H3. The van der Waals surface area contributed by atoms with Crippen LogP contribution >= 0.6 is 12.6 Å². The third-order valence-corrected chi connectivity index (χ3v) is 4.98. The zero-order valence-corrected chi connectivity index (χ0v) is 10.3. The Kier molecular flexibility index (Phi) is 3.81. The van der Waals surface area contributed by atoms with Crippen molar-refractivity contribution in [1.29, 1.82) is 0 Å². The molecule has 82 valence electrons. The molecule has 0 amide bonds. The molecule has 14 heavy (non-hydrogen) atoms. The predicted octanol–water partition coefficient (Wildman–Crippen LogP) is 4.30. The molecule has 2 aliphatic rings. The van der Waals surface area contributed by atoms with Gasteiger partial charge in [0.05, 0.1) is 0 Å². The number of hydrogen-bond acceptors (Lipinski definition) is 1. The fourth-order valence-corrected chi connectivity index (χ4v) is 3.63. The van der Waals surface area contributed by atoms with Crippen LogP contribution < -0.4 is 0 Å². The van der Waals surface area contributed by atoms with Crippen LogP contribution in [0.4, 0.5) is 0 Å². The average molecular weight is 212 g/mol. The lowest BCUT2D eigenvalue weighted by Gasteiger charge is -2.36. The molecule has 0 aromatic carbocycles. The van der Waals surface area contributed by atoms with Gasteiger partial charge < -0.3 is 0 Å². The summed E-state index contributed by atoms with van der Waals surface area (Å²) in [6.07, 6.45) is 11.7. The summed E-state index contributed by atoms with van der Waals surface area (Å²) in [4.78, 5) is 0. The second kappa shape index (κ2) is 4.92. The van der Waals surface area contributed by atoms with Gasteiger partial charge in [0.1, 0.15) is 0 Å². The smallest absolute Gasteiger partial charge is 0.00170 e. The van der Waals surface area contributed by atoms with Crippen molar-refractivity contribution in [2.75, 3.05) is 0 Å². The Labute approximate surface area is 94.3 Å². The molecule has 2 aliphatic carbocycles. The molecule has 0 heterocycles. The van der Waals surface area contributed by atoms with Crippen LogP contribution in [0.1, 0.15) is 58.3 Å². The topological polar surface area (TPSA) is 0 Å². The van der Waals surface area contributed by atoms with Crippen molar-refractivity contribution in [2.45, 2.75) is 63.5 Å². The van der Waals surface area contributed by atoms with Crippen molar-refractivity contribution < 1.29 is 0 Å². The summed E-state index contributed by atoms with van der Waals surface area (Å²) in [6.45, 7) is 2.42. The highest BCUT2D eigenvalue weighted by Crippen LogP contribution is 2.40. The minimum absolute atomic E-state index is 0.716. The highest BCUT2D eigenvalue weighted by Gasteiger charge is 2.28. The van der Waals surface area contributed by atoms with Crippen molar-refractivity contribution in [3.05, 3.63) is 0 Å². The zero-order valence-electron chi connectivity index (χ0n) is 9.41. The van der Waals surface area contributed by atoms with Crippen LogP contribution in [0.2, 0.25) is 0 Å². The van der Waals surface area contributed by atoms with E-state index in [1.807, 2.05) is 0 Å². The van der Waals surface area contributed by atoms with E-state index >= 15 is 0 Å². The summed E-state index contributed by atoms with van der Waals surface area (Å²) < 4.78 is 0. The van der Waals surface area contributed by atoms with Crippen LogP contribution in [0.15, 0.2) is 0 Å². The third kappa shape index (κ3) is 2.68. The zero-order chi connectivity index (χ0) is 9.97. The molecule has 2 fully saturated rings. The Morgan fingerprint density at radius 3 is 1.64 bits per heavy atom. The molecule has 0 atom stereocenters. The first-order chi connectivity index (χ1) is 6.75. The molecule has 0 bridgehead atoms. The van der Waals surface area contributed by atoms with Crippen LogP contribution in [0, 0.1) is 17.8 Å². The molecule has 1 heteroatoms. The van der Waals surface area contributed by atoms with Gasteiger partial charge in [-0.05, 0) is 56.3 Å². The monoisotopic (exact) mass is 212 g/mol. The van der Waals surface area contributed by atoms with Gasteiger partial charge in [-0.25, -0.2) is 0 Å². The minimum Gasteiger partial charge on any atom is -0.176 e. The number of rotatable bonds is 1. The quantitative estimate of drug-likeness (QED) is 0.616. The van der Waals surface area contributed by atoms with Gasteiger partial charge >= 0.3 is 0 Å². The van der Waals surface area contributed by atoms with Crippen molar-refractivity contribution in [2.24, 2.45) is 17.8 Å². The molecule has 0 radical (unpaired) electrons. The molecule has 2 rings (SSSR count). The molecule has 0 aromatic rings. The van der Waals surface area contributed by atoms with Crippen molar-refractivity contribution in [3.8, 4) is 0 Å². The van der Waals surface area contributed by atoms with E-state index in [0.29, 0.717) is 5.25 Å². The van der Waals surface area contributed by atoms with Gasteiger partial charge in [0.25, 0.3) is 0 Å². The molecular formula is C13H24S. The van der Waals surface area contributed by atoms with Gasteiger partial charge in [-0.1, -0.05) is 19.8 Å². The highest BCUT2D eigenvalue weighted by molar-refractivity contribution is 7.80. The SMILES string of the molecule is CC1CCC(C2CCC(S)CC2)CC1. The van der Waals surface area contributed by atoms with E-state index in [-0.39, 0.29) is 0 Å². The summed E-state index contributed by atoms with van der Waals surface area (Å²) in [5.74, 6) is 3.14. The second-order valence-corrected chi connectivity index (χ2v) is 6.32. The maximum absolute atomic E-state index is 4.58. The molecule has 2 saturated carbocycles. The van der Waals surface area contributed by atoms with Crippen LogP contribution in [0.25, 0.3) is 0 Å². The van der Waals surface area contributed by atoms with Crippen LogP contribution in [-0.2, 0) is 0 Å². The molecule has 0 saturated heterocycles. The van der Waals surface area contributed by atoms with E-state index in [9.17, 15) is 0 Å². The molecule has 0 spiro atoms. The van der Waals surface area contributed by atoms with Crippen molar-refractivity contribution >= 4 is 12.6 Å². The fraction of sp³-hybridized carbons (Fsp3) is 1.00. The van der Waals surface area contributed by atoms with Gasteiger partial charge in [-0.3, -0.25) is 0 Å². The summed E-state index contributed by atoms with van der Waals surface area (Å²) >= 11 is 4.58. The molecule has 0 unspecified atom stereocenters. The van der Waals surface area contributed by atoms with E-state index < -0.39 is 0 Å². The summed E-state index contributed by atoms with van der Waals surface area (Å²) in [5, 5.41) is 0.716. The Bertz CT molecular complexity index is 142. The van der Waals surface area contributed by atoms with Gasteiger partial charge in [0.15, 0.2) is 0 Å². The van der Waals surface area contributed by atoms with Crippen LogP contribution in [0.5, 0.6) is 0 Å². The first kappa shape index (κ1) is 10.9. The largest absolute Gasteiger partial charge is 0.176 e. The number of thiol groups is 1. The Morgan fingerprint density at radius 1 is 0.714 bits per heavy atom. The van der Waals surface area contributed by atoms with E-state index in [4.69, 9.17) is 0 Å². The predicted molar refractivity (Wildman–Crippen MR) is 65.9 cm³/mol. The van der Waals surface area contributed by atoms with E-state index in [2.05, 4.69) is 19.6 Å². The molecule has 0 aromatic heterocycles. The second-order valence-electron chi connectivity index (χ2n) is 5.59. The molecular weight excluding hydrogens is 188 g/mol. The van der Waals surface area contributed by atoms with Crippen LogP contribution in [-0.4, -0.2) is 5.25 Å². The van der Waals surface area contributed by atoms with Gasteiger partial charge in [-0.15, -0.1) is 0 Å². The third-order valence-electron chi connectivity index (χ3n) is 4.47. The average Bonchev–Trinajstić information content (AvgIpc) is 2.21. The maximum atomic E-state index is 4.58. The first-order valence-electron chi connectivity index (χ1n) is 6.43. The van der Waals surface area contributed by atoms with Gasteiger partial charge in [-0.2, -0.15) is 12.6 Å². The first-order valence-corrected chi connectivity index (χ1v) is 6.95. The van der Waals surface area contributed by atoms with Gasteiger partial charge in [0.2, 0.25) is 0 Å². The van der Waals surface area contributed by atoms with Crippen LogP contribution in [0.3, 0.4) is 0 Å². The lowest BCUT2D eigenvalue weighted by molar-refractivity contribution is 0.175. The minimum atomic E-state index is 0.716. The summed E-state index contributed by atoms with van der Waals surface area (Å²) in [7, 11) is 0. The molecule has 0 nitrogen and oxygen atoms in total. The van der Waals surface area contributed by atoms with Crippen molar-refractivity contribution in [1.82, 2.24) is 0 Å². The molecule has 0 aliphatic heterocycles. The summed E-state index contributed by atoms with van der Waals surface area (Å²) in [6, 6.07) is 0. The van der Waals surface area contributed by atoms with Gasteiger partial charge in [0, 0.05) is 5.25 Å². The van der Waals surface area contributed by atoms with E-state index in [1.165, 1.54) is 51.4 Å². The Hall–Kier alpha value is 0.350. The lowest BCUT2D eigenvalue weighted by Crippen LogP contribution is -2.25. The summed E-state index contributed by atoms with van der Waals surface area (Å²) in [5.41, 5.74) is 0. The fourth-order valence-electron chi connectivity index (χ4n) is 3.33. The Morgan fingerprint density at radius 2 is 1.14 bits per heavy atom. The maximum Gasteiger partial charge on any atom is 0.00170 e. The molecule has 0 N–H and O–H groups in total. The lowest BCUT2D eigenvalue weighted by atomic mass is 9.71. The normalized spacial score (nSPS) is 45.0. The van der Waals surface area contributed by atoms with E-state index in [0.717, 1.165) is 17.8 Å². The highest BCUT2D eigenvalue weighted by atomic mass is 32.1.